The Kier molecular flexibility index (Phi) is 3.49. The molecule has 4 saturated carbocycles. The molecule has 1 N–H and O–H groups in total. The van der Waals surface area contributed by atoms with Crippen molar-refractivity contribution in [3.8, 4) is 0 Å². The fourth-order valence-corrected chi connectivity index (χ4v) is 8.09. The van der Waals surface area contributed by atoms with E-state index in [0.717, 1.165) is 44.3 Å². The van der Waals surface area contributed by atoms with Gasteiger partial charge in [-0.2, -0.15) is 0 Å². The molecule has 1 spiro atoms. The maximum atomic E-state index is 11.2. The Morgan fingerprint density at radius 3 is 2.50 bits per heavy atom. The van der Waals surface area contributed by atoms with E-state index in [1.165, 1.54) is 38.5 Å². The summed E-state index contributed by atoms with van der Waals surface area (Å²) in [5.74, 6) is 2.50. The molecule has 1 heterocycles. The lowest BCUT2D eigenvalue weighted by atomic mass is 9.44. The molecule has 0 aromatic heterocycles. The summed E-state index contributed by atoms with van der Waals surface area (Å²) in [6, 6.07) is 0. The molecule has 0 radical (unpaired) electrons. The molecule has 3 nitrogen and oxygen atoms in total. The van der Waals surface area contributed by atoms with E-state index in [1.54, 1.807) is 0 Å². The molecule has 0 aromatic rings. The minimum Gasteiger partial charge on any atom is -0.393 e. The fourth-order valence-electron chi connectivity index (χ4n) is 8.09. The number of hydrogen-bond donors (Lipinski definition) is 1. The SMILES string of the molecule is C[C@]12CCC[C@@H]1[C@@H]1CC[C@H]3CC4(CC[C@]3(C)[C@H]1[C@@H](O)C2)OCCO4. The van der Waals surface area contributed by atoms with E-state index in [0.29, 0.717) is 17.3 Å². The molecule has 0 aromatic carbocycles. The lowest BCUT2D eigenvalue weighted by Crippen LogP contribution is -2.59. The van der Waals surface area contributed by atoms with Gasteiger partial charge in [0, 0.05) is 12.8 Å². The monoisotopic (exact) mass is 334 g/mol. The Hall–Kier alpha value is -0.120. The highest BCUT2D eigenvalue weighted by Gasteiger charge is 2.62. The maximum absolute atomic E-state index is 11.2. The summed E-state index contributed by atoms with van der Waals surface area (Å²) in [6.45, 7) is 6.49. The van der Waals surface area contributed by atoms with Crippen molar-refractivity contribution in [1.82, 2.24) is 0 Å². The average molecular weight is 335 g/mol. The summed E-state index contributed by atoms with van der Waals surface area (Å²) in [7, 11) is 0. The van der Waals surface area contributed by atoms with Crippen LogP contribution in [0.4, 0.5) is 0 Å². The summed E-state index contributed by atoms with van der Waals surface area (Å²) >= 11 is 0. The van der Waals surface area contributed by atoms with E-state index in [9.17, 15) is 5.11 Å². The first-order chi connectivity index (χ1) is 11.5. The fraction of sp³-hybridized carbons (Fsp3) is 1.00. The van der Waals surface area contributed by atoms with Gasteiger partial charge in [0.2, 0.25) is 0 Å². The summed E-state index contributed by atoms with van der Waals surface area (Å²) in [6.07, 6.45) is 10.9. The van der Waals surface area contributed by atoms with Crippen molar-refractivity contribution < 1.29 is 14.6 Å². The molecule has 4 aliphatic carbocycles. The maximum Gasteiger partial charge on any atom is 0.168 e. The van der Waals surface area contributed by atoms with Gasteiger partial charge in [0.25, 0.3) is 0 Å². The number of rotatable bonds is 0. The van der Waals surface area contributed by atoms with Crippen LogP contribution in [0.5, 0.6) is 0 Å². The molecule has 1 saturated heterocycles. The van der Waals surface area contributed by atoms with Gasteiger partial charge in [-0.25, -0.2) is 0 Å². The molecular formula is C21H34O3. The van der Waals surface area contributed by atoms with Gasteiger partial charge in [-0.05, 0) is 73.0 Å². The predicted octanol–water partition coefficient (Wildman–Crippen LogP) is 4.13. The molecule has 24 heavy (non-hydrogen) atoms. The van der Waals surface area contributed by atoms with Gasteiger partial charge in [-0.1, -0.05) is 20.3 Å². The van der Waals surface area contributed by atoms with Crippen LogP contribution < -0.4 is 0 Å². The average Bonchev–Trinajstić information content (AvgIpc) is 3.14. The van der Waals surface area contributed by atoms with E-state index in [-0.39, 0.29) is 17.3 Å². The number of aliphatic hydroxyl groups is 1. The Morgan fingerprint density at radius 2 is 1.71 bits per heavy atom. The van der Waals surface area contributed by atoms with Crippen molar-refractivity contribution >= 4 is 0 Å². The van der Waals surface area contributed by atoms with E-state index < -0.39 is 0 Å². The Labute approximate surface area is 146 Å². The predicted molar refractivity (Wildman–Crippen MR) is 92.4 cm³/mol. The van der Waals surface area contributed by atoms with Crippen molar-refractivity contribution in [3.05, 3.63) is 0 Å². The minimum absolute atomic E-state index is 0.0957. The van der Waals surface area contributed by atoms with Crippen LogP contribution in [-0.2, 0) is 9.47 Å². The second kappa shape index (κ2) is 5.20. The van der Waals surface area contributed by atoms with Crippen LogP contribution in [0.3, 0.4) is 0 Å². The highest BCUT2D eigenvalue weighted by Crippen LogP contribution is 2.67. The van der Waals surface area contributed by atoms with Gasteiger partial charge in [0.1, 0.15) is 0 Å². The lowest BCUT2D eigenvalue weighted by molar-refractivity contribution is -0.241. The van der Waals surface area contributed by atoms with Crippen LogP contribution in [-0.4, -0.2) is 30.2 Å². The zero-order valence-electron chi connectivity index (χ0n) is 15.4. The quantitative estimate of drug-likeness (QED) is 0.724. The zero-order chi connectivity index (χ0) is 16.6. The molecular weight excluding hydrogens is 300 g/mol. The van der Waals surface area contributed by atoms with Gasteiger partial charge in [-0.15, -0.1) is 0 Å². The standard InChI is InChI=1S/C21H34O3/c1-19-7-3-4-16(19)15-6-5-14-12-21(23-10-11-24-21)9-8-20(14,2)18(15)17(22)13-19/h14-18,22H,3-13H2,1-2H3/t14-,15-,16+,17-,18+,19+,20-/m0/s1. The van der Waals surface area contributed by atoms with Gasteiger partial charge in [0.05, 0.1) is 19.3 Å². The van der Waals surface area contributed by atoms with Crippen LogP contribution in [0.25, 0.3) is 0 Å². The number of ether oxygens (including phenoxy) is 2. The molecule has 7 atom stereocenters. The summed E-state index contributed by atoms with van der Waals surface area (Å²) in [5, 5.41) is 11.2. The number of fused-ring (bicyclic) bond motifs is 5. The Morgan fingerprint density at radius 1 is 0.917 bits per heavy atom. The highest BCUT2D eigenvalue weighted by molar-refractivity contribution is 5.11. The van der Waals surface area contributed by atoms with E-state index in [4.69, 9.17) is 9.47 Å². The van der Waals surface area contributed by atoms with Crippen LogP contribution in [0.2, 0.25) is 0 Å². The topological polar surface area (TPSA) is 38.7 Å². The van der Waals surface area contributed by atoms with Crippen molar-refractivity contribution in [2.45, 2.75) is 83.5 Å². The van der Waals surface area contributed by atoms with Crippen LogP contribution in [0.15, 0.2) is 0 Å². The first-order valence-corrected chi connectivity index (χ1v) is 10.4. The third kappa shape index (κ3) is 2.07. The van der Waals surface area contributed by atoms with Crippen molar-refractivity contribution in [3.63, 3.8) is 0 Å². The zero-order valence-corrected chi connectivity index (χ0v) is 15.4. The minimum atomic E-state index is -0.279. The van der Waals surface area contributed by atoms with Gasteiger partial charge in [0.15, 0.2) is 5.79 Å². The summed E-state index contributed by atoms with van der Waals surface area (Å²) in [5.41, 5.74) is 0.699. The molecule has 5 aliphatic rings. The first kappa shape index (κ1) is 16.1. The molecule has 0 unspecified atom stereocenters. The summed E-state index contributed by atoms with van der Waals surface area (Å²) in [4.78, 5) is 0. The molecule has 0 amide bonds. The van der Waals surface area contributed by atoms with Crippen LogP contribution in [0.1, 0.15) is 71.6 Å². The van der Waals surface area contributed by atoms with Crippen LogP contribution in [0, 0.1) is 34.5 Å². The molecule has 3 heteroatoms. The molecule has 5 fully saturated rings. The first-order valence-electron chi connectivity index (χ1n) is 10.4. The molecule has 5 rings (SSSR count). The van der Waals surface area contributed by atoms with E-state index in [1.807, 2.05) is 0 Å². The third-order valence-electron chi connectivity index (χ3n) is 9.18. The van der Waals surface area contributed by atoms with Crippen molar-refractivity contribution in [2.24, 2.45) is 34.5 Å². The van der Waals surface area contributed by atoms with E-state index in [2.05, 4.69) is 13.8 Å². The molecule has 0 bridgehead atoms. The third-order valence-corrected chi connectivity index (χ3v) is 9.18. The summed E-state index contributed by atoms with van der Waals surface area (Å²) < 4.78 is 12.1. The smallest absolute Gasteiger partial charge is 0.168 e. The number of hydrogen-bond acceptors (Lipinski definition) is 3. The van der Waals surface area contributed by atoms with Crippen molar-refractivity contribution in [1.29, 1.82) is 0 Å². The second-order valence-corrected chi connectivity index (χ2v) is 10.2. The Balaban J connectivity index is 1.45. The van der Waals surface area contributed by atoms with Gasteiger partial charge < -0.3 is 14.6 Å². The van der Waals surface area contributed by atoms with Crippen molar-refractivity contribution in [2.75, 3.05) is 13.2 Å². The normalized spacial score (nSPS) is 55.9. The lowest BCUT2D eigenvalue weighted by Gasteiger charge is -2.62. The molecule has 136 valence electrons. The van der Waals surface area contributed by atoms with Gasteiger partial charge in [-0.3, -0.25) is 0 Å². The molecule has 1 aliphatic heterocycles. The second-order valence-electron chi connectivity index (χ2n) is 10.2. The van der Waals surface area contributed by atoms with E-state index >= 15 is 0 Å². The largest absolute Gasteiger partial charge is 0.393 e. The van der Waals surface area contributed by atoms with Crippen LogP contribution >= 0.6 is 0 Å². The van der Waals surface area contributed by atoms with Gasteiger partial charge >= 0.3 is 0 Å². The Bertz CT molecular complexity index is 513. The number of aliphatic hydroxyl groups excluding tert-OH is 1. The highest BCUT2D eigenvalue weighted by atomic mass is 16.7.